The number of benzene rings is 1. The van der Waals surface area contributed by atoms with Gasteiger partial charge in [0.05, 0.1) is 1.37 Å². The summed E-state index contributed by atoms with van der Waals surface area (Å²) >= 11 is 3.29. The molecule has 0 N–H and O–H groups in total. The molecule has 0 aromatic heterocycles. The lowest BCUT2D eigenvalue weighted by Gasteiger charge is -1.96. The van der Waals surface area contributed by atoms with E-state index in [9.17, 15) is 0 Å². The zero-order valence-corrected chi connectivity index (χ0v) is 7.68. The van der Waals surface area contributed by atoms with E-state index in [1.807, 2.05) is 24.6 Å². The predicted molar refractivity (Wildman–Crippen MR) is 50.0 cm³/mol. The molecule has 0 atom stereocenters. The van der Waals surface area contributed by atoms with E-state index >= 15 is 0 Å². The van der Waals surface area contributed by atoms with Gasteiger partial charge >= 0.3 is 0 Å². The molecule has 2 heteroatoms. The van der Waals surface area contributed by atoms with Gasteiger partial charge in [-0.25, -0.2) is 0 Å². The largest absolute Gasteiger partial charge is 0.130 e. The molecule has 0 aliphatic rings. The van der Waals surface area contributed by atoms with Crippen LogP contribution in [-0.4, -0.2) is 12.5 Å². The van der Waals surface area contributed by atoms with Crippen molar-refractivity contribution in [3.8, 4) is 0 Å². The van der Waals surface area contributed by atoms with Crippen molar-refractivity contribution in [1.29, 1.82) is 0 Å². The van der Waals surface area contributed by atoms with Gasteiger partial charge < -0.3 is 0 Å². The summed E-state index contributed by atoms with van der Waals surface area (Å²) in [6.45, 7) is 0. The average molecular weight is 171 g/mol. The molecule has 1 rings (SSSR count). The van der Waals surface area contributed by atoms with Crippen LogP contribution in [0.3, 0.4) is 0 Å². The fraction of sp³-hybridized carbons (Fsp3) is 0.250. The molecular weight excluding hydrogens is 160 g/mol. The van der Waals surface area contributed by atoms with E-state index in [4.69, 9.17) is 1.37 Å². The second-order valence-corrected chi connectivity index (χ2v) is 3.52. The number of hydrogen-bond donors (Lipinski definition) is 0. The Morgan fingerprint density at radius 3 is 2.20 bits per heavy atom. The van der Waals surface area contributed by atoms with Crippen LogP contribution in [0.25, 0.3) is 0 Å². The highest BCUT2D eigenvalue weighted by Crippen LogP contribution is 2.19. The summed E-state index contributed by atoms with van der Waals surface area (Å²) in [5, 5.41) is 0. The third kappa shape index (κ3) is 1.96. The van der Waals surface area contributed by atoms with Gasteiger partial charge in [0.1, 0.15) is 0 Å². The highest BCUT2D eigenvalue weighted by atomic mass is 32.2. The molecule has 0 aliphatic heterocycles. The number of thioether (sulfide) groups is 2. The summed E-state index contributed by atoms with van der Waals surface area (Å²) in [4.78, 5) is 2.20. The van der Waals surface area contributed by atoms with Gasteiger partial charge in [-0.2, -0.15) is 0 Å². The monoisotopic (exact) mass is 171 g/mol. The van der Waals surface area contributed by atoms with Crippen molar-refractivity contribution in [2.45, 2.75) is 9.79 Å². The molecule has 1 aromatic carbocycles. The van der Waals surface area contributed by atoms with Crippen LogP contribution in [0, 0.1) is 0 Å². The second-order valence-electron chi connectivity index (χ2n) is 1.80. The van der Waals surface area contributed by atoms with Gasteiger partial charge in [-0.1, -0.05) is 0 Å². The lowest BCUT2D eigenvalue weighted by molar-refractivity contribution is 1.36. The molecule has 0 fully saturated rings. The molecule has 0 bridgehead atoms. The molecule has 0 saturated heterocycles. The van der Waals surface area contributed by atoms with Gasteiger partial charge in [-0.3, -0.25) is 0 Å². The highest BCUT2D eigenvalue weighted by Gasteiger charge is 1.89. The van der Waals surface area contributed by atoms with E-state index < -0.39 is 0 Å². The van der Waals surface area contributed by atoms with Gasteiger partial charge in [0.15, 0.2) is 0 Å². The van der Waals surface area contributed by atoms with Crippen LogP contribution in [0.2, 0.25) is 0 Å². The second kappa shape index (κ2) is 3.94. The van der Waals surface area contributed by atoms with E-state index in [0.717, 1.165) is 9.79 Å². The molecule has 0 spiro atoms. The summed E-state index contributed by atoms with van der Waals surface area (Å²) in [6.07, 6.45) is 4.01. The molecule has 0 radical (unpaired) electrons. The molecule has 10 heavy (non-hydrogen) atoms. The van der Waals surface area contributed by atoms with Crippen LogP contribution in [0.5, 0.6) is 0 Å². The highest BCUT2D eigenvalue weighted by molar-refractivity contribution is 7.99. The maximum atomic E-state index is 7.58. The van der Waals surface area contributed by atoms with Crippen molar-refractivity contribution < 1.29 is 1.37 Å². The molecule has 0 aliphatic carbocycles. The van der Waals surface area contributed by atoms with Gasteiger partial charge in [0.25, 0.3) is 0 Å². The van der Waals surface area contributed by atoms with Crippen LogP contribution in [0.1, 0.15) is 1.37 Å². The lowest BCUT2D eigenvalue weighted by atomic mass is 10.4. The fourth-order valence-electron chi connectivity index (χ4n) is 0.650. The third-order valence-corrected chi connectivity index (χ3v) is 2.63. The van der Waals surface area contributed by atoms with Gasteiger partial charge in [0.2, 0.25) is 0 Å². The minimum Gasteiger partial charge on any atom is -0.130 e. The van der Waals surface area contributed by atoms with Crippen LogP contribution in [0.15, 0.2) is 34.0 Å². The Labute approximate surface area is 71.8 Å². The van der Waals surface area contributed by atoms with Crippen LogP contribution in [-0.2, 0) is 0 Å². The fourth-order valence-corrected chi connectivity index (χ4v) is 1.41. The standard InChI is InChI=1S/C8H10S2/c1-9-7-3-5-8(10-2)6-4-7/h3-6H,1-2H3/i3D. The number of hydrogen-bond acceptors (Lipinski definition) is 2. The average Bonchev–Trinajstić information content (AvgIpc) is 2.04. The Kier molecular flexibility index (Phi) is 2.61. The Morgan fingerprint density at radius 2 is 1.70 bits per heavy atom. The number of rotatable bonds is 2. The molecule has 0 amide bonds. The normalized spacial score (nSPS) is 11.2. The summed E-state index contributed by atoms with van der Waals surface area (Å²) in [5.74, 6) is 0. The SMILES string of the molecule is [2H]c1cc(SC)ccc1SC. The Bertz CT molecular complexity index is 248. The molecule has 0 nitrogen and oxygen atoms in total. The summed E-state index contributed by atoms with van der Waals surface area (Å²) in [7, 11) is 0. The molecule has 0 saturated carbocycles. The smallest absolute Gasteiger partial charge is 0.0635 e. The Hall–Kier alpha value is -0.0800. The van der Waals surface area contributed by atoms with E-state index in [1.165, 1.54) is 0 Å². The van der Waals surface area contributed by atoms with Crippen molar-refractivity contribution in [2.75, 3.05) is 12.5 Å². The van der Waals surface area contributed by atoms with Crippen molar-refractivity contribution >= 4 is 23.5 Å². The van der Waals surface area contributed by atoms with Crippen molar-refractivity contribution in [3.63, 3.8) is 0 Å². The predicted octanol–water partition coefficient (Wildman–Crippen LogP) is 3.13. The van der Waals surface area contributed by atoms with Crippen LogP contribution < -0.4 is 0 Å². The first-order valence-electron chi connectivity index (χ1n) is 3.46. The summed E-state index contributed by atoms with van der Waals surface area (Å²) < 4.78 is 7.58. The maximum absolute atomic E-state index is 7.58. The van der Waals surface area contributed by atoms with Crippen LogP contribution >= 0.6 is 23.5 Å². The minimum atomic E-state index is 0.629. The van der Waals surface area contributed by atoms with E-state index in [-0.39, 0.29) is 0 Å². The molecule has 0 unspecified atom stereocenters. The summed E-state index contributed by atoms with van der Waals surface area (Å²) in [6, 6.07) is 6.58. The molecule has 1 aromatic rings. The van der Waals surface area contributed by atoms with Gasteiger partial charge in [-0.15, -0.1) is 23.5 Å². The van der Waals surface area contributed by atoms with E-state index in [1.54, 1.807) is 23.5 Å². The minimum absolute atomic E-state index is 0.629. The molecular formula is C8H10S2. The third-order valence-electron chi connectivity index (χ3n) is 1.21. The molecule has 0 heterocycles. The topological polar surface area (TPSA) is 0 Å². The van der Waals surface area contributed by atoms with Gasteiger partial charge in [0, 0.05) is 9.79 Å². The van der Waals surface area contributed by atoms with Crippen molar-refractivity contribution in [2.24, 2.45) is 0 Å². The lowest BCUT2D eigenvalue weighted by Crippen LogP contribution is -1.69. The Morgan fingerprint density at radius 1 is 1.10 bits per heavy atom. The quantitative estimate of drug-likeness (QED) is 0.627. The van der Waals surface area contributed by atoms with E-state index in [0.29, 0.717) is 6.04 Å². The van der Waals surface area contributed by atoms with Gasteiger partial charge in [-0.05, 0) is 36.8 Å². The first-order chi connectivity index (χ1) is 5.27. The zero-order valence-electron chi connectivity index (χ0n) is 7.05. The Balaban J connectivity index is 2.99. The summed E-state index contributed by atoms with van der Waals surface area (Å²) in [5.41, 5.74) is 0. The first-order valence-corrected chi connectivity index (χ1v) is 5.41. The first kappa shape index (κ1) is 6.62. The van der Waals surface area contributed by atoms with Crippen LogP contribution in [0.4, 0.5) is 0 Å². The van der Waals surface area contributed by atoms with E-state index in [2.05, 4.69) is 6.07 Å². The maximum Gasteiger partial charge on any atom is 0.0635 e. The zero-order chi connectivity index (χ0) is 8.27. The van der Waals surface area contributed by atoms with Crippen molar-refractivity contribution in [3.05, 3.63) is 24.2 Å². The van der Waals surface area contributed by atoms with Crippen molar-refractivity contribution in [1.82, 2.24) is 0 Å². The molecule has 54 valence electrons.